The normalized spacial score (nSPS) is 12.0. The Bertz CT molecular complexity index is 725. The van der Waals surface area contributed by atoms with E-state index in [1.807, 2.05) is 37.3 Å². The van der Waals surface area contributed by atoms with E-state index in [2.05, 4.69) is 10.4 Å². The third-order valence-corrected chi connectivity index (χ3v) is 3.60. The SMILES string of the molecule is CCCOc1cn(-c2ccccc2)nc1C(=O)N[C@H](C(=O)O)C(C)C. The van der Waals surface area contributed by atoms with Crippen LogP contribution in [0.3, 0.4) is 0 Å². The van der Waals surface area contributed by atoms with Crippen molar-refractivity contribution in [2.75, 3.05) is 6.61 Å². The number of nitrogens with one attached hydrogen (secondary N) is 1. The van der Waals surface area contributed by atoms with Gasteiger partial charge in [0, 0.05) is 0 Å². The molecule has 0 saturated heterocycles. The molecule has 2 aromatic rings. The van der Waals surface area contributed by atoms with E-state index in [-0.39, 0.29) is 11.6 Å². The topological polar surface area (TPSA) is 93.5 Å². The van der Waals surface area contributed by atoms with Gasteiger partial charge in [-0.3, -0.25) is 4.79 Å². The van der Waals surface area contributed by atoms with Crippen molar-refractivity contribution in [2.45, 2.75) is 33.2 Å². The lowest BCUT2D eigenvalue weighted by Gasteiger charge is -2.17. The van der Waals surface area contributed by atoms with Gasteiger partial charge in [-0.25, -0.2) is 9.48 Å². The number of ether oxygens (including phenoxy) is 1. The van der Waals surface area contributed by atoms with Crippen molar-refractivity contribution in [1.82, 2.24) is 15.1 Å². The summed E-state index contributed by atoms with van der Waals surface area (Å²) in [6.07, 6.45) is 2.41. The molecule has 0 aliphatic rings. The molecule has 25 heavy (non-hydrogen) atoms. The van der Waals surface area contributed by atoms with E-state index in [1.165, 1.54) is 0 Å². The number of amides is 1. The minimum absolute atomic E-state index is 0.0733. The lowest BCUT2D eigenvalue weighted by atomic mass is 10.0. The largest absolute Gasteiger partial charge is 0.489 e. The number of aromatic nitrogens is 2. The van der Waals surface area contributed by atoms with Crippen molar-refractivity contribution >= 4 is 11.9 Å². The molecule has 0 radical (unpaired) electrons. The molecular weight excluding hydrogens is 322 g/mol. The highest BCUT2D eigenvalue weighted by Gasteiger charge is 2.27. The monoisotopic (exact) mass is 345 g/mol. The van der Waals surface area contributed by atoms with E-state index >= 15 is 0 Å². The van der Waals surface area contributed by atoms with Gasteiger partial charge in [-0.1, -0.05) is 39.0 Å². The zero-order valence-corrected chi connectivity index (χ0v) is 14.6. The van der Waals surface area contributed by atoms with Crippen LogP contribution >= 0.6 is 0 Å². The van der Waals surface area contributed by atoms with Crippen molar-refractivity contribution in [1.29, 1.82) is 0 Å². The van der Waals surface area contributed by atoms with Gasteiger partial charge in [0.25, 0.3) is 5.91 Å². The second-order valence-corrected chi connectivity index (χ2v) is 6.00. The second kappa shape index (κ2) is 8.32. The molecule has 0 saturated carbocycles. The Hall–Kier alpha value is -2.83. The molecule has 1 amide bonds. The molecule has 1 aromatic carbocycles. The first kappa shape index (κ1) is 18.5. The van der Waals surface area contributed by atoms with Gasteiger partial charge < -0.3 is 15.2 Å². The fourth-order valence-corrected chi connectivity index (χ4v) is 2.27. The second-order valence-electron chi connectivity index (χ2n) is 6.00. The number of carboxylic acids is 1. The summed E-state index contributed by atoms with van der Waals surface area (Å²) >= 11 is 0. The molecule has 2 N–H and O–H groups in total. The van der Waals surface area contributed by atoms with Gasteiger partial charge in [0.15, 0.2) is 11.4 Å². The van der Waals surface area contributed by atoms with Crippen molar-refractivity contribution in [3.8, 4) is 11.4 Å². The van der Waals surface area contributed by atoms with Crippen LogP contribution in [0.1, 0.15) is 37.7 Å². The summed E-state index contributed by atoms with van der Waals surface area (Å²) in [5.41, 5.74) is 0.853. The van der Waals surface area contributed by atoms with Crippen molar-refractivity contribution in [2.24, 2.45) is 5.92 Å². The Kier molecular flexibility index (Phi) is 6.16. The van der Waals surface area contributed by atoms with Crippen molar-refractivity contribution in [3.63, 3.8) is 0 Å². The Morgan fingerprint density at radius 3 is 2.52 bits per heavy atom. The predicted molar refractivity (Wildman–Crippen MR) is 93.1 cm³/mol. The molecule has 7 heteroatoms. The standard InChI is InChI=1S/C18H23N3O4/c1-4-10-25-14-11-21(13-8-6-5-7-9-13)20-16(14)17(22)19-15(12(2)3)18(23)24/h5-9,11-12,15H,4,10H2,1-3H3,(H,19,22)(H,23,24)/t15-/m0/s1. The van der Waals surface area contributed by atoms with Crippen LogP contribution in [0.25, 0.3) is 5.69 Å². The predicted octanol–water partition coefficient (Wildman–Crippen LogP) is 2.50. The molecule has 7 nitrogen and oxygen atoms in total. The minimum Gasteiger partial charge on any atom is -0.489 e. The number of benzene rings is 1. The maximum absolute atomic E-state index is 12.6. The van der Waals surface area contributed by atoms with Gasteiger partial charge in [-0.05, 0) is 24.5 Å². The van der Waals surface area contributed by atoms with Crippen molar-refractivity contribution < 1.29 is 19.4 Å². The van der Waals surface area contributed by atoms with Crippen LogP contribution in [0.15, 0.2) is 36.5 Å². The third-order valence-electron chi connectivity index (χ3n) is 3.60. The first-order chi connectivity index (χ1) is 11.9. The number of aliphatic carboxylic acids is 1. The molecule has 0 aliphatic heterocycles. The molecule has 1 aromatic heterocycles. The molecule has 0 fully saturated rings. The summed E-state index contributed by atoms with van der Waals surface area (Å²) in [6.45, 7) is 5.86. The van der Waals surface area contributed by atoms with E-state index in [0.29, 0.717) is 12.4 Å². The maximum atomic E-state index is 12.6. The van der Waals surface area contributed by atoms with Crippen LogP contribution < -0.4 is 10.1 Å². The van der Waals surface area contributed by atoms with Crippen LogP contribution in [0, 0.1) is 5.92 Å². The number of carbonyl (C=O) groups is 2. The van der Waals surface area contributed by atoms with Gasteiger partial charge in [-0.2, -0.15) is 5.10 Å². The Morgan fingerprint density at radius 1 is 1.28 bits per heavy atom. The van der Waals surface area contributed by atoms with Crippen LogP contribution in [0.5, 0.6) is 5.75 Å². The lowest BCUT2D eigenvalue weighted by molar-refractivity contribution is -0.140. The van der Waals surface area contributed by atoms with Gasteiger partial charge in [0.05, 0.1) is 18.5 Å². The van der Waals surface area contributed by atoms with E-state index in [0.717, 1.165) is 12.1 Å². The summed E-state index contributed by atoms with van der Waals surface area (Å²) in [4.78, 5) is 23.9. The molecule has 0 unspecified atom stereocenters. The van der Waals surface area contributed by atoms with Crippen LogP contribution in [-0.4, -0.2) is 39.4 Å². The van der Waals surface area contributed by atoms with Gasteiger partial charge in [0.2, 0.25) is 0 Å². The fourth-order valence-electron chi connectivity index (χ4n) is 2.27. The van der Waals surface area contributed by atoms with Crippen LogP contribution in [0.2, 0.25) is 0 Å². The average Bonchev–Trinajstić information content (AvgIpc) is 3.02. The molecule has 1 heterocycles. The Labute approximate surface area is 146 Å². The number of carboxylic acid groups (broad SMARTS) is 1. The van der Waals surface area contributed by atoms with E-state index in [9.17, 15) is 14.7 Å². The molecule has 0 aliphatic carbocycles. The molecular formula is C18H23N3O4. The van der Waals surface area contributed by atoms with Gasteiger partial charge >= 0.3 is 5.97 Å². The van der Waals surface area contributed by atoms with Crippen LogP contribution in [-0.2, 0) is 4.79 Å². The highest BCUT2D eigenvalue weighted by Crippen LogP contribution is 2.20. The highest BCUT2D eigenvalue weighted by molar-refractivity contribution is 5.97. The van der Waals surface area contributed by atoms with Crippen molar-refractivity contribution in [3.05, 3.63) is 42.2 Å². The van der Waals surface area contributed by atoms with Gasteiger partial charge in [0.1, 0.15) is 6.04 Å². The van der Waals surface area contributed by atoms with E-state index < -0.39 is 17.9 Å². The molecule has 0 spiro atoms. The number of hydrogen-bond acceptors (Lipinski definition) is 4. The molecule has 1 atom stereocenters. The number of nitrogens with zero attached hydrogens (tertiary/aromatic N) is 2. The van der Waals surface area contributed by atoms with Crippen LogP contribution in [0.4, 0.5) is 0 Å². The van der Waals surface area contributed by atoms with E-state index in [1.54, 1.807) is 24.7 Å². The first-order valence-electron chi connectivity index (χ1n) is 8.25. The summed E-state index contributed by atoms with van der Waals surface area (Å²) < 4.78 is 7.17. The Morgan fingerprint density at radius 2 is 1.96 bits per heavy atom. The number of rotatable bonds is 8. The molecule has 134 valence electrons. The molecule has 0 bridgehead atoms. The summed E-state index contributed by atoms with van der Waals surface area (Å²) in [7, 11) is 0. The van der Waals surface area contributed by atoms with Gasteiger partial charge in [-0.15, -0.1) is 0 Å². The maximum Gasteiger partial charge on any atom is 0.326 e. The lowest BCUT2D eigenvalue weighted by Crippen LogP contribution is -2.44. The highest BCUT2D eigenvalue weighted by atomic mass is 16.5. The first-order valence-corrected chi connectivity index (χ1v) is 8.25. The quantitative estimate of drug-likeness (QED) is 0.767. The minimum atomic E-state index is -1.08. The molecule has 2 rings (SSSR count). The summed E-state index contributed by atoms with van der Waals surface area (Å²) in [5, 5.41) is 16.1. The zero-order valence-electron chi connectivity index (χ0n) is 14.6. The van der Waals surface area contributed by atoms with E-state index in [4.69, 9.17) is 4.74 Å². The summed E-state index contributed by atoms with van der Waals surface area (Å²) in [5.74, 6) is -1.57. The Balaban J connectivity index is 2.32. The number of carbonyl (C=O) groups excluding carboxylic acids is 1. The zero-order chi connectivity index (χ0) is 18.4. The third kappa shape index (κ3) is 4.59. The smallest absolute Gasteiger partial charge is 0.326 e. The number of hydrogen-bond donors (Lipinski definition) is 2. The average molecular weight is 345 g/mol. The number of para-hydroxylation sites is 1. The fraction of sp³-hybridized carbons (Fsp3) is 0.389. The summed E-state index contributed by atoms with van der Waals surface area (Å²) in [6, 6.07) is 8.33.